The van der Waals surface area contributed by atoms with Crippen molar-refractivity contribution in [3.05, 3.63) is 108 Å². The highest BCUT2D eigenvalue weighted by Gasteiger charge is 2.42. The van der Waals surface area contributed by atoms with Gasteiger partial charge in [-0.25, -0.2) is 14.8 Å². The van der Waals surface area contributed by atoms with E-state index in [1.165, 1.54) is 7.11 Å². The maximum atomic E-state index is 14.5. The van der Waals surface area contributed by atoms with E-state index in [9.17, 15) is 14.4 Å². The van der Waals surface area contributed by atoms with Gasteiger partial charge in [0.05, 0.1) is 42.1 Å². The lowest BCUT2D eigenvalue weighted by Crippen LogP contribution is -2.51. The minimum atomic E-state index is -0.695. The van der Waals surface area contributed by atoms with Crippen LogP contribution in [0.15, 0.2) is 91.1 Å². The largest absolute Gasteiger partial charge is 0.453 e. The number of carbonyl (C=O) groups is 3. The summed E-state index contributed by atoms with van der Waals surface area (Å²) < 4.78 is 4.81. The Kier molecular flexibility index (Phi) is 11.1. The van der Waals surface area contributed by atoms with Crippen LogP contribution in [-0.2, 0) is 14.3 Å². The standard InChI is InChI=1S/C49H56N8O4/c1-29(2)43(54-49(60)61-5)47(58)56-27-31(4)22-42(56)46-51-38-18-17-36(25-39(38)52-46)34-13-14-35-24-37(16-15-33(35)23-34)40-26-50-45(53-40)41-21-30(3)28-57(41)48(59)44(55-19-9-10-20-55)32-11-7-6-8-12-32/h6-8,11-18,23-26,29-31,41-44H,9-10,19-22,27-28H2,1-5H3,(H,50,53)(H,51,52)(H,54,60). The molecule has 0 saturated carbocycles. The Hall–Kier alpha value is -6.01. The topological polar surface area (TPSA) is 140 Å². The number of amides is 3. The number of aromatic amines is 2. The molecular weight excluding hydrogens is 765 g/mol. The maximum absolute atomic E-state index is 14.5. The number of benzene rings is 4. The van der Waals surface area contributed by atoms with E-state index in [1.807, 2.05) is 49.2 Å². The molecular formula is C49H56N8O4. The quantitative estimate of drug-likeness (QED) is 0.126. The van der Waals surface area contributed by atoms with Gasteiger partial charge in [-0.3, -0.25) is 14.5 Å². The summed E-state index contributed by atoms with van der Waals surface area (Å²) in [7, 11) is 1.30. The summed E-state index contributed by atoms with van der Waals surface area (Å²) in [5.41, 5.74) is 6.93. The molecule has 6 unspecified atom stereocenters. The van der Waals surface area contributed by atoms with Crippen LogP contribution in [0.5, 0.6) is 0 Å². The number of hydrogen-bond acceptors (Lipinski definition) is 7. The van der Waals surface area contributed by atoms with Gasteiger partial charge in [0.15, 0.2) is 0 Å². The van der Waals surface area contributed by atoms with Gasteiger partial charge in [0.1, 0.15) is 23.7 Å². The van der Waals surface area contributed by atoms with E-state index >= 15 is 0 Å². The Labute approximate surface area is 357 Å². The highest BCUT2D eigenvalue weighted by atomic mass is 16.5. The molecule has 0 aliphatic carbocycles. The van der Waals surface area contributed by atoms with Crippen LogP contribution in [0.2, 0.25) is 0 Å². The summed E-state index contributed by atoms with van der Waals surface area (Å²) in [6, 6.07) is 28.2. The van der Waals surface area contributed by atoms with Gasteiger partial charge >= 0.3 is 6.09 Å². The van der Waals surface area contributed by atoms with E-state index in [2.05, 4.69) is 99.6 Å². The van der Waals surface area contributed by atoms with Crippen molar-refractivity contribution in [3.8, 4) is 22.4 Å². The first-order chi connectivity index (χ1) is 29.5. The molecule has 4 aromatic carbocycles. The first kappa shape index (κ1) is 40.4. The molecule has 0 bridgehead atoms. The Morgan fingerprint density at radius 3 is 2.07 bits per heavy atom. The molecule has 3 N–H and O–H groups in total. The van der Waals surface area contributed by atoms with E-state index in [0.717, 1.165) is 107 Å². The molecule has 0 spiro atoms. The molecule has 0 radical (unpaired) electrons. The van der Waals surface area contributed by atoms with Crippen LogP contribution in [0.25, 0.3) is 44.2 Å². The van der Waals surface area contributed by atoms with Gasteiger partial charge in [0, 0.05) is 18.7 Å². The summed E-state index contributed by atoms with van der Waals surface area (Å²) in [5, 5.41) is 4.98. The zero-order valence-corrected chi connectivity index (χ0v) is 35.7. The van der Waals surface area contributed by atoms with Crippen molar-refractivity contribution >= 4 is 39.7 Å². The second-order valence-electron chi connectivity index (χ2n) is 17.9. The first-order valence-electron chi connectivity index (χ1n) is 21.9. The molecule has 2 aromatic heterocycles. The maximum Gasteiger partial charge on any atom is 0.407 e. The number of nitrogens with zero attached hydrogens (tertiary/aromatic N) is 5. The number of likely N-dealkylation sites (tertiary alicyclic amines) is 3. The van der Waals surface area contributed by atoms with Crippen molar-refractivity contribution in [2.24, 2.45) is 17.8 Å². The van der Waals surface area contributed by atoms with E-state index in [0.29, 0.717) is 12.5 Å². The SMILES string of the molecule is COC(=O)NC(C(=O)N1CC(C)CC1c1nc2ccc(-c3ccc4cc(-c5cnc(C6CC(C)CN6C(=O)C(c6ccccc6)N6CCCC6)[nH]5)ccc4c3)cc2[nH]1)C(C)C. The molecule has 12 nitrogen and oxygen atoms in total. The third kappa shape index (κ3) is 8.01. The van der Waals surface area contributed by atoms with Crippen LogP contribution in [0.1, 0.15) is 88.7 Å². The van der Waals surface area contributed by atoms with Gasteiger partial charge in [-0.05, 0) is 108 Å². The number of rotatable bonds is 10. The number of methoxy groups -OCH3 is 1. The number of hydrogen-bond donors (Lipinski definition) is 3. The normalized spacial score (nSPS) is 21.7. The van der Waals surface area contributed by atoms with E-state index in [1.54, 1.807) is 0 Å². The van der Waals surface area contributed by atoms with E-state index in [-0.39, 0.29) is 41.8 Å². The van der Waals surface area contributed by atoms with Gasteiger partial charge in [-0.2, -0.15) is 0 Å². The summed E-state index contributed by atoms with van der Waals surface area (Å²) in [6.45, 7) is 11.4. The Morgan fingerprint density at radius 2 is 1.38 bits per heavy atom. The number of imidazole rings is 2. The summed E-state index contributed by atoms with van der Waals surface area (Å²) in [6.07, 6.45) is 5.19. The fourth-order valence-corrected chi connectivity index (χ4v) is 9.89. The molecule has 12 heteroatoms. The number of H-pyrrole nitrogens is 2. The summed E-state index contributed by atoms with van der Waals surface area (Å²) in [4.78, 5) is 63.7. The van der Waals surface area contributed by atoms with Crippen molar-refractivity contribution in [2.75, 3.05) is 33.3 Å². The first-order valence-corrected chi connectivity index (χ1v) is 21.9. The number of aromatic nitrogens is 4. The molecule has 6 atom stereocenters. The highest BCUT2D eigenvalue weighted by molar-refractivity contribution is 5.92. The molecule has 61 heavy (non-hydrogen) atoms. The second-order valence-corrected chi connectivity index (χ2v) is 17.9. The van der Waals surface area contributed by atoms with Crippen LogP contribution in [0.4, 0.5) is 4.79 Å². The molecule has 5 heterocycles. The van der Waals surface area contributed by atoms with Crippen molar-refractivity contribution in [1.29, 1.82) is 0 Å². The van der Waals surface area contributed by atoms with Crippen LogP contribution >= 0.6 is 0 Å². The minimum absolute atomic E-state index is 0.105. The molecule has 316 valence electrons. The monoisotopic (exact) mass is 820 g/mol. The highest BCUT2D eigenvalue weighted by Crippen LogP contribution is 2.40. The van der Waals surface area contributed by atoms with Gasteiger partial charge in [-0.15, -0.1) is 0 Å². The average molecular weight is 821 g/mol. The molecule has 3 amide bonds. The molecule has 6 aromatic rings. The molecule has 3 saturated heterocycles. The van der Waals surface area contributed by atoms with Gasteiger partial charge in [0.2, 0.25) is 11.8 Å². The van der Waals surface area contributed by atoms with Crippen LogP contribution in [-0.4, -0.2) is 91.9 Å². The summed E-state index contributed by atoms with van der Waals surface area (Å²) >= 11 is 0. The van der Waals surface area contributed by atoms with Crippen LogP contribution < -0.4 is 5.32 Å². The summed E-state index contributed by atoms with van der Waals surface area (Å²) in [5.74, 6) is 2.18. The third-order valence-corrected chi connectivity index (χ3v) is 13.0. The number of ether oxygens (including phenoxy) is 1. The smallest absolute Gasteiger partial charge is 0.407 e. The Bertz CT molecular complexity index is 2560. The lowest BCUT2D eigenvalue weighted by atomic mass is 9.99. The fraction of sp³-hybridized carbons (Fsp3) is 0.408. The average Bonchev–Trinajstić information content (AvgIpc) is 4.13. The van der Waals surface area contributed by atoms with E-state index < -0.39 is 12.1 Å². The van der Waals surface area contributed by atoms with Crippen molar-refractivity contribution in [2.45, 2.75) is 77.5 Å². The lowest BCUT2D eigenvalue weighted by Gasteiger charge is -2.33. The van der Waals surface area contributed by atoms with Crippen molar-refractivity contribution in [1.82, 2.24) is 40.0 Å². The zero-order chi connectivity index (χ0) is 42.4. The van der Waals surface area contributed by atoms with E-state index in [4.69, 9.17) is 14.7 Å². The molecule has 3 fully saturated rings. The molecule has 9 rings (SSSR count). The third-order valence-electron chi connectivity index (χ3n) is 13.0. The number of carbonyl (C=O) groups excluding carboxylic acids is 3. The predicted octanol–water partition coefficient (Wildman–Crippen LogP) is 8.81. The Balaban J connectivity index is 0.928. The number of alkyl carbamates (subject to hydrolysis) is 1. The van der Waals surface area contributed by atoms with Crippen molar-refractivity contribution < 1.29 is 19.1 Å². The van der Waals surface area contributed by atoms with Crippen molar-refractivity contribution in [3.63, 3.8) is 0 Å². The second kappa shape index (κ2) is 16.8. The van der Waals surface area contributed by atoms with Crippen LogP contribution in [0.3, 0.4) is 0 Å². The number of nitrogens with one attached hydrogen (secondary N) is 3. The fourth-order valence-electron chi connectivity index (χ4n) is 9.89. The van der Waals surface area contributed by atoms with Crippen LogP contribution in [0, 0.1) is 17.8 Å². The minimum Gasteiger partial charge on any atom is -0.453 e. The van der Waals surface area contributed by atoms with Gasteiger partial charge in [-0.1, -0.05) is 88.4 Å². The van der Waals surface area contributed by atoms with Gasteiger partial charge < -0.3 is 29.8 Å². The number of fused-ring (bicyclic) bond motifs is 2. The Morgan fingerprint density at radius 1 is 0.754 bits per heavy atom. The lowest BCUT2D eigenvalue weighted by molar-refractivity contribution is -0.138. The molecule has 3 aliphatic rings. The van der Waals surface area contributed by atoms with Gasteiger partial charge in [0.25, 0.3) is 0 Å². The molecule has 3 aliphatic heterocycles. The zero-order valence-electron chi connectivity index (χ0n) is 35.7. The predicted molar refractivity (Wildman–Crippen MR) is 237 cm³/mol.